The Morgan fingerprint density at radius 1 is 1.50 bits per heavy atom. The van der Waals surface area contributed by atoms with E-state index >= 15 is 0 Å². The molecule has 1 saturated heterocycles. The maximum atomic E-state index is 4.45. The van der Waals surface area contributed by atoms with Crippen LogP contribution in [0.2, 0.25) is 0 Å². The van der Waals surface area contributed by atoms with Gasteiger partial charge in [-0.2, -0.15) is 0 Å². The molecule has 1 aromatic heterocycles. The molecule has 0 saturated carbocycles. The summed E-state index contributed by atoms with van der Waals surface area (Å²) in [5.74, 6) is 0. The van der Waals surface area contributed by atoms with Crippen LogP contribution in [0.25, 0.3) is 0 Å². The molecule has 1 atom stereocenters. The van der Waals surface area contributed by atoms with Gasteiger partial charge in [0, 0.05) is 37.3 Å². The average molecular weight is 211 g/mol. The van der Waals surface area contributed by atoms with Gasteiger partial charge in [-0.3, -0.25) is 4.90 Å². The molecule has 2 rings (SSSR count). The first-order valence-electron chi connectivity index (χ1n) is 5.14. The molecule has 0 spiro atoms. The van der Waals surface area contributed by atoms with Crippen molar-refractivity contribution in [1.29, 1.82) is 0 Å². The van der Waals surface area contributed by atoms with E-state index in [4.69, 9.17) is 0 Å². The molecule has 1 N–H and O–H groups in total. The van der Waals surface area contributed by atoms with E-state index in [1.54, 1.807) is 0 Å². The van der Waals surface area contributed by atoms with Crippen molar-refractivity contribution in [3.05, 3.63) is 16.1 Å². The Morgan fingerprint density at radius 2 is 2.21 bits per heavy atom. The fraction of sp³-hybridized carbons (Fsp3) is 0.700. The molecule has 0 radical (unpaired) electrons. The zero-order chi connectivity index (χ0) is 9.97. The Labute approximate surface area is 89.1 Å². The van der Waals surface area contributed by atoms with Crippen LogP contribution < -0.4 is 5.32 Å². The Balaban J connectivity index is 2.03. The fourth-order valence-corrected chi connectivity index (χ4v) is 2.65. The topological polar surface area (TPSA) is 28.2 Å². The minimum absolute atomic E-state index is 0.482. The van der Waals surface area contributed by atoms with Crippen molar-refractivity contribution in [2.75, 3.05) is 26.2 Å². The first kappa shape index (κ1) is 10.1. The minimum Gasteiger partial charge on any atom is -0.314 e. The predicted octanol–water partition coefficient (Wildman–Crippen LogP) is 1.42. The van der Waals surface area contributed by atoms with Crippen LogP contribution >= 0.6 is 11.3 Å². The quantitative estimate of drug-likeness (QED) is 0.802. The summed E-state index contributed by atoms with van der Waals surface area (Å²) in [5.41, 5.74) is 0. The number of aromatic nitrogens is 1. The highest BCUT2D eigenvalue weighted by Gasteiger charge is 2.19. The van der Waals surface area contributed by atoms with Gasteiger partial charge in [0.25, 0.3) is 0 Å². The van der Waals surface area contributed by atoms with Crippen molar-refractivity contribution in [2.24, 2.45) is 0 Å². The lowest BCUT2D eigenvalue weighted by atomic mass is 10.2. The van der Waals surface area contributed by atoms with Crippen LogP contribution in [0, 0.1) is 6.92 Å². The Bertz CT molecular complexity index is 291. The zero-order valence-corrected chi connectivity index (χ0v) is 9.60. The molecule has 1 fully saturated rings. The van der Waals surface area contributed by atoms with Crippen LogP contribution in [0.3, 0.4) is 0 Å². The van der Waals surface area contributed by atoms with Gasteiger partial charge in [0.15, 0.2) is 0 Å². The van der Waals surface area contributed by atoms with E-state index in [0.717, 1.165) is 26.2 Å². The number of nitrogens with zero attached hydrogens (tertiary/aromatic N) is 2. The van der Waals surface area contributed by atoms with Gasteiger partial charge in [0.05, 0.1) is 6.04 Å². The van der Waals surface area contributed by atoms with Gasteiger partial charge >= 0.3 is 0 Å². The average Bonchev–Trinajstić information content (AvgIpc) is 2.65. The van der Waals surface area contributed by atoms with Gasteiger partial charge in [-0.05, 0) is 13.8 Å². The first-order valence-corrected chi connectivity index (χ1v) is 5.96. The first-order chi connectivity index (χ1) is 6.77. The van der Waals surface area contributed by atoms with E-state index < -0.39 is 0 Å². The number of thiazole rings is 1. The highest BCUT2D eigenvalue weighted by atomic mass is 32.1. The minimum atomic E-state index is 0.482. The number of piperazine rings is 1. The number of hydrogen-bond donors (Lipinski definition) is 1. The summed E-state index contributed by atoms with van der Waals surface area (Å²) in [7, 11) is 0. The molecule has 14 heavy (non-hydrogen) atoms. The van der Waals surface area contributed by atoms with Crippen molar-refractivity contribution in [3.63, 3.8) is 0 Å². The molecule has 2 heterocycles. The molecule has 1 aliphatic rings. The second-order valence-electron chi connectivity index (χ2n) is 3.77. The van der Waals surface area contributed by atoms with Crippen LogP contribution in [0.1, 0.15) is 22.9 Å². The lowest BCUT2D eigenvalue weighted by Gasteiger charge is -2.31. The number of rotatable bonds is 2. The van der Waals surface area contributed by atoms with Crippen LogP contribution in [0.15, 0.2) is 6.20 Å². The second-order valence-corrected chi connectivity index (χ2v) is 5.04. The molecule has 78 valence electrons. The van der Waals surface area contributed by atoms with Gasteiger partial charge in [-0.25, -0.2) is 4.98 Å². The third-order valence-corrected chi connectivity index (χ3v) is 3.78. The van der Waals surface area contributed by atoms with E-state index in [0.29, 0.717) is 6.04 Å². The monoisotopic (exact) mass is 211 g/mol. The van der Waals surface area contributed by atoms with Crippen molar-refractivity contribution in [2.45, 2.75) is 19.9 Å². The molecule has 1 unspecified atom stereocenters. The van der Waals surface area contributed by atoms with Gasteiger partial charge in [-0.1, -0.05) is 0 Å². The summed E-state index contributed by atoms with van der Waals surface area (Å²) in [4.78, 5) is 8.25. The zero-order valence-electron chi connectivity index (χ0n) is 8.79. The third kappa shape index (κ3) is 2.13. The maximum Gasteiger partial charge on any atom is 0.110 e. The fourth-order valence-electron chi connectivity index (χ4n) is 1.79. The normalized spacial score (nSPS) is 21.0. The number of hydrogen-bond acceptors (Lipinski definition) is 4. The Kier molecular flexibility index (Phi) is 3.15. The summed E-state index contributed by atoms with van der Waals surface area (Å²) in [6.07, 6.45) is 1.97. The summed E-state index contributed by atoms with van der Waals surface area (Å²) in [6.45, 7) is 8.86. The molecule has 1 aliphatic heterocycles. The van der Waals surface area contributed by atoms with Crippen LogP contribution in [0.5, 0.6) is 0 Å². The van der Waals surface area contributed by atoms with Gasteiger partial charge in [0.1, 0.15) is 5.01 Å². The lowest BCUT2D eigenvalue weighted by molar-refractivity contribution is 0.185. The van der Waals surface area contributed by atoms with E-state index in [1.165, 1.54) is 9.88 Å². The molecular weight excluding hydrogens is 194 g/mol. The smallest absolute Gasteiger partial charge is 0.110 e. The van der Waals surface area contributed by atoms with Crippen molar-refractivity contribution >= 4 is 11.3 Å². The molecular formula is C10H17N3S. The number of aryl methyl sites for hydroxylation is 1. The Hall–Kier alpha value is -0.450. The standard InChI is InChI=1S/C10H17N3S/c1-8-7-12-10(14-8)9(2)13-5-3-11-4-6-13/h7,9,11H,3-6H2,1-2H3. The summed E-state index contributed by atoms with van der Waals surface area (Å²) >= 11 is 1.82. The van der Waals surface area contributed by atoms with Crippen molar-refractivity contribution < 1.29 is 0 Å². The van der Waals surface area contributed by atoms with E-state index in [1.807, 2.05) is 17.5 Å². The maximum absolute atomic E-state index is 4.45. The highest BCUT2D eigenvalue weighted by molar-refractivity contribution is 7.11. The SMILES string of the molecule is Cc1cnc(C(C)N2CCNCC2)s1. The van der Waals surface area contributed by atoms with E-state index in [9.17, 15) is 0 Å². The molecule has 0 aromatic carbocycles. The number of nitrogens with one attached hydrogen (secondary N) is 1. The van der Waals surface area contributed by atoms with Crippen molar-refractivity contribution in [1.82, 2.24) is 15.2 Å². The van der Waals surface area contributed by atoms with Gasteiger partial charge in [0.2, 0.25) is 0 Å². The van der Waals surface area contributed by atoms with Crippen LogP contribution in [0.4, 0.5) is 0 Å². The lowest BCUT2D eigenvalue weighted by Crippen LogP contribution is -2.44. The third-order valence-electron chi connectivity index (χ3n) is 2.70. The van der Waals surface area contributed by atoms with Crippen LogP contribution in [-0.4, -0.2) is 36.1 Å². The molecule has 4 heteroatoms. The largest absolute Gasteiger partial charge is 0.314 e. The van der Waals surface area contributed by atoms with Crippen LogP contribution in [-0.2, 0) is 0 Å². The summed E-state index contributed by atoms with van der Waals surface area (Å²) < 4.78 is 0. The van der Waals surface area contributed by atoms with E-state index in [-0.39, 0.29) is 0 Å². The Morgan fingerprint density at radius 3 is 2.79 bits per heavy atom. The highest BCUT2D eigenvalue weighted by Crippen LogP contribution is 2.24. The predicted molar refractivity (Wildman–Crippen MR) is 59.7 cm³/mol. The van der Waals surface area contributed by atoms with Gasteiger partial charge < -0.3 is 5.32 Å². The second kappa shape index (κ2) is 4.38. The molecule has 0 amide bonds. The van der Waals surface area contributed by atoms with E-state index in [2.05, 4.69) is 29.0 Å². The molecule has 0 bridgehead atoms. The van der Waals surface area contributed by atoms with Crippen molar-refractivity contribution in [3.8, 4) is 0 Å². The summed E-state index contributed by atoms with van der Waals surface area (Å²) in [5, 5.41) is 4.62. The molecule has 1 aromatic rings. The summed E-state index contributed by atoms with van der Waals surface area (Å²) in [6, 6.07) is 0.482. The molecule has 3 nitrogen and oxygen atoms in total. The van der Waals surface area contributed by atoms with Gasteiger partial charge in [-0.15, -0.1) is 11.3 Å². The molecule has 0 aliphatic carbocycles.